The smallest absolute Gasteiger partial charge is 0.274 e. The van der Waals surface area contributed by atoms with Gasteiger partial charge in [-0.05, 0) is 32.8 Å². The highest BCUT2D eigenvalue weighted by molar-refractivity contribution is 5.99. The van der Waals surface area contributed by atoms with Crippen LogP contribution in [0.4, 0.5) is 8.78 Å². The Labute approximate surface area is 207 Å². The molecule has 2 aromatic rings. The molecular formula is C26H31F2N3O5. The summed E-state index contributed by atoms with van der Waals surface area (Å²) in [6, 6.07) is 2.87. The van der Waals surface area contributed by atoms with E-state index in [0.717, 1.165) is 12.5 Å². The van der Waals surface area contributed by atoms with E-state index in [4.69, 9.17) is 4.74 Å². The topological polar surface area (TPSA) is 101 Å². The van der Waals surface area contributed by atoms with Crippen molar-refractivity contribution in [2.45, 2.75) is 58.2 Å². The Morgan fingerprint density at radius 2 is 2.06 bits per heavy atom. The van der Waals surface area contributed by atoms with Crippen molar-refractivity contribution >= 4 is 11.8 Å². The molecule has 1 aromatic carbocycles. The maximum atomic E-state index is 14.0. The molecule has 194 valence electrons. The molecule has 1 aliphatic carbocycles. The standard InChI is InChI=1S/C26H31F2N3O5/c1-4-5-8-36-23-21-25(35)30(15(2)3)14-26(10-17(26)13-32)31(21)12-19(22(23)33)24(34)29-11-16-6-7-18(27)9-20(16)28/h6-7,9,12,15,17,32H,4-5,8,10-11,13-14H2,1-3H3,(H,29,34)/t17-,26+/m0/s1. The predicted molar refractivity (Wildman–Crippen MR) is 128 cm³/mol. The first kappa shape index (κ1) is 25.8. The summed E-state index contributed by atoms with van der Waals surface area (Å²) in [5.74, 6) is -3.04. The Morgan fingerprint density at radius 3 is 2.67 bits per heavy atom. The number of benzene rings is 1. The van der Waals surface area contributed by atoms with E-state index in [9.17, 15) is 28.3 Å². The van der Waals surface area contributed by atoms with Crippen molar-refractivity contribution in [1.29, 1.82) is 0 Å². The number of pyridine rings is 1. The van der Waals surface area contributed by atoms with E-state index in [0.29, 0.717) is 25.5 Å². The van der Waals surface area contributed by atoms with Crippen LogP contribution in [0.5, 0.6) is 5.75 Å². The van der Waals surface area contributed by atoms with Crippen molar-refractivity contribution in [2.75, 3.05) is 19.8 Å². The Bertz CT molecular complexity index is 1240. The van der Waals surface area contributed by atoms with Gasteiger partial charge in [-0.25, -0.2) is 8.78 Å². The third kappa shape index (κ3) is 4.50. The van der Waals surface area contributed by atoms with Crippen LogP contribution in [0, 0.1) is 17.6 Å². The Morgan fingerprint density at radius 1 is 1.31 bits per heavy atom. The first-order valence-electron chi connectivity index (χ1n) is 12.2. The lowest BCUT2D eigenvalue weighted by molar-refractivity contribution is 0.0548. The number of aliphatic hydroxyl groups is 1. The molecule has 2 N–H and O–H groups in total. The average Bonchev–Trinajstić information content (AvgIpc) is 3.55. The molecule has 2 aliphatic rings. The number of carbonyl (C=O) groups is 2. The summed E-state index contributed by atoms with van der Waals surface area (Å²) in [6.45, 7) is 5.87. The van der Waals surface area contributed by atoms with Crippen molar-refractivity contribution < 1.29 is 28.2 Å². The van der Waals surface area contributed by atoms with Crippen LogP contribution in [0.3, 0.4) is 0 Å². The summed E-state index contributed by atoms with van der Waals surface area (Å²) in [5, 5.41) is 12.4. The molecule has 1 saturated carbocycles. The number of amides is 2. The third-order valence-electron chi connectivity index (χ3n) is 7.04. The van der Waals surface area contributed by atoms with Gasteiger partial charge in [0.15, 0.2) is 11.4 Å². The number of carbonyl (C=O) groups excluding carboxylic acids is 2. The van der Waals surface area contributed by atoms with Crippen LogP contribution in [0.25, 0.3) is 0 Å². The fourth-order valence-corrected chi connectivity index (χ4v) is 4.78. The maximum absolute atomic E-state index is 14.0. The number of fused-ring (bicyclic) bond motifs is 2. The highest BCUT2D eigenvalue weighted by Crippen LogP contribution is 2.54. The van der Waals surface area contributed by atoms with Crippen molar-refractivity contribution in [2.24, 2.45) is 5.92 Å². The SMILES string of the molecule is CCCCOc1c2n(cc(C(=O)NCc3ccc(F)cc3F)c1=O)[C@]1(C[C@H]1CO)CN(C(C)C)C2=O. The molecule has 2 heterocycles. The van der Waals surface area contributed by atoms with Gasteiger partial charge in [0.25, 0.3) is 11.8 Å². The largest absolute Gasteiger partial charge is 0.487 e. The number of unbranched alkanes of at least 4 members (excludes halogenated alkanes) is 1. The van der Waals surface area contributed by atoms with E-state index in [1.165, 1.54) is 12.3 Å². The quantitative estimate of drug-likeness (QED) is 0.513. The molecule has 36 heavy (non-hydrogen) atoms. The molecular weight excluding hydrogens is 472 g/mol. The van der Waals surface area contributed by atoms with Gasteiger partial charge in [-0.15, -0.1) is 0 Å². The zero-order valence-corrected chi connectivity index (χ0v) is 20.6. The molecule has 1 fully saturated rings. The second-order valence-electron chi connectivity index (χ2n) is 9.75. The van der Waals surface area contributed by atoms with Crippen molar-refractivity contribution in [3.05, 3.63) is 63.1 Å². The van der Waals surface area contributed by atoms with Gasteiger partial charge in [0, 0.05) is 49.5 Å². The lowest BCUT2D eigenvalue weighted by Crippen LogP contribution is -2.52. The van der Waals surface area contributed by atoms with Crippen molar-refractivity contribution in [3.8, 4) is 5.75 Å². The second-order valence-corrected chi connectivity index (χ2v) is 9.75. The molecule has 0 radical (unpaired) electrons. The average molecular weight is 504 g/mol. The summed E-state index contributed by atoms with van der Waals surface area (Å²) < 4.78 is 34.7. The van der Waals surface area contributed by atoms with E-state index in [-0.39, 0.29) is 60.2 Å². The van der Waals surface area contributed by atoms with Crippen LogP contribution < -0.4 is 15.5 Å². The third-order valence-corrected chi connectivity index (χ3v) is 7.04. The van der Waals surface area contributed by atoms with Crippen molar-refractivity contribution in [1.82, 2.24) is 14.8 Å². The number of aliphatic hydroxyl groups excluding tert-OH is 1. The highest BCUT2D eigenvalue weighted by Gasteiger charge is 2.60. The van der Waals surface area contributed by atoms with Crippen LogP contribution in [-0.2, 0) is 12.1 Å². The maximum Gasteiger partial charge on any atom is 0.274 e. The highest BCUT2D eigenvalue weighted by atomic mass is 19.1. The number of ether oxygens (including phenoxy) is 1. The number of nitrogens with one attached hydrogen (secondary N) is 1. The molecule has 8 nitrogen and oxygen atoms in total. The van der Waals surface area contributed by atoms with Crippen LogP contribution in [-0.4, -0.2) is 52.2 Å². The summed E-state index contributed by atoms with van der Waals surface area (Å²) in [4.78, 5) is 41.7. The minimum absolute atomic E-state index is 0.0593. The van der Waals surface area contributed by atoms with E-state index < -0.39 is 28.5 Å². The molecule has 1 aliphatic heterocycles. The molecule has 1 aromatic heterocycles. The monoisotopic (exact) mass is 503 g/mol. The second kappa shape index (κ2) is 10.0. The van der Waals surface area contributed by atoms with Gasteiger partial charge in [-0.2, -0.15) is 0 Å². The molecule has 1 spiro atoms. The van der Waals surface area contributed by atoms with Gasteiger partial charge in [0.2, 0.25) is 5.43 Å². The van der Waals surface area contributed by atoms with Crippen LogP contribution in [0.15, 0.2) is 29.2 Å². The van der Waals surface area contributed by atoms with E-state index in [1.54, 1.807) is 9.47 Å². The molecule has 4 rings (SSSR count). The van der Waals surface area contributed by atoms with E-state index in [1.807, 2.05) is 20.8 Å². The molecule has 0 bridgehead atoms. The van der Waals surface area contributed by atoms with Crippen LogP contribution >= 0.6 is 0 Å². The number of halogens is 2. The predicted octanol–water partition coefficient (Wildman–Crippen LogP) is 2.81. The number of hydrogen-bond donors (Lipinski definition) is 2. The van der Waals surface area contributed by atoms with Gasteiger partial charge in [0.05, 0.1) is 12.1 Å². The lowest BCUT2D eigenvalue weighted by Gasteiger charge is -2.40. The molecule has 2 atom stereocenters. The first-order chi connectivity index (χ1) is 17.1. The molecule has 0 saturated heterocycles. The van der Waals surface area contributed by atoms with Gasteiger partial charge in [0.1, 0.15) is 17.2 Å². The Balaban J connectivity index is 1.77. The fraction of sp³-hybridized carbons (Fsp3) is 0.500. The number of nitrogens with zero attached hydrogens (tertiary/aromatic N) is 2. The lowest BCUT2D eigenvalue weighted by atomic mass is 10.0. The van der Waals surface area contributed by atoms with Crippen molar-refractivity contribution in [3.63, 3.8) is 0 Å². The zero-order chi connectivity index (χ0) is 26.2. The number of aromatic nitrogens is 1. The molecule has 0 unspecified atom stereocenters. The summed E-state index contributed by atoms with van der Waals surface area (Å²) in [5.41, 5.74) is -1.50. The fourth-order valence-electron chi connectivity index (χ4n) is 4.78. The minimum Gasteiger partial charge on any atom is -0.487 e. The Kier molecular flexibility index (Phi) is 7.17. The zero-order valence-electron chi connectivity index (χ0n) is 20.6. The van der Waals surface area contributed by atoms with Crippen LogP contribution in [0.2, 0.25) is 0 Å². The summed E-state index contributed by atoms with van der Waals surface area (Å²) in [7, 11) is 0. The molecule has 2 amide bonds. The Hall–Kier alpha value is -3.27. The van der Waals surface area contributed by atoms with Gasteiger partial charge >= 0.3 is 0 Å². The number of rotatable bonds is 9. The van der Waals surface area contributed by atoms with Crippen LogP contribution in [0.1, 0.15) is 66.4 Å². The van der Waals surface area contributed by atoms with Gasteiger partial charge in [-0.3, -0.25) is 14.4 Å². The molecule has 10 heteroatoms. The van der Waals surface area contributed by atoms with Gasteiger partial charge < -0.3 is 24.6 Å². The summed E-state index contributed by atoms with van der Waals surface area (Å²) in [6.07, 6.45) is 3.37. The normalized spacial score (nSPS) is 20.6. The van der Waals surface area contributed by atoms with Gasteiger partial charge in [-0.1, -0.05) is 19.4 Å². The number of hydrogen-bond acceptors (Lipinski definition) is 5. The minimum atomic E-state index is -0.817. The van der Waals surface area contributed by atoms with E-state index in [2.05, 4.69) is 5.32 Å². The summed E-state index contributed by atoms with van der Waals surface area (Å²) >= 11 is 0. The first-order valence-corrected chi connectivity index (χ1v) is 12.2. The van der Waals surface area contributed by atoms with E-state index >= 15 is 0 Å².